The van der Waals surface area contributed by atoms with Crippen LogP contribution in [0, 0.1) is 22.7 Å². The van der Waals surface area contributed by atoms with Gasteiger partial charge in [0, 0.05) is 12.8 Å². The van der Waals surface area contributed by atoms with Crippen LogP contribution in [-0.2, 0) is 18.9 Å². The first kappa shape index (κ1) is 18.8. The molecule has 8 heteroatoms. The fourth-order valence-corrected chi connectivity index (χ4v) is 1.78. The second-order valence-corrected chi connectivity index (χ2v) is 6.53. The molecule has 0 saturated carbocycles. The minimum atomic E-state index is -1.01. The second kappa shape index (κ2) is 8.50. The van der Waals surface area contributed by atoms with Gasteiger partial charge in [-0.25, -0.2) is 0 Å². The number of nitriles is 2. The summed E-state index contributed by atoms with van der Waals surface area (Å²) in [6, 6.07) is 4.28. The highest BCUT2D eigenvalue weighted by Crippen LogP contribution is 2.22. The molecule has 2 rings (SSSR count). The predicted molar refractivity (Wildman–Crippen MR) is 83.2 cm³/mol. The minimum Gasteiger partial charge on any atom is -0.379 e. The Labute approximate surface area is 142 Å². The molecule has 132 valence electrons. The number of hydrogen-bond donors (Lipinski definition) is 0. The van der Waals surface area contributed by atoms with Gasteiger partial charge in [-0.1, -0.05) is 0 Å². The molecule has 2 aliphatic rings. The number of ether oxygens (including phenoxy) is 4. The molecule has 2 heterocycles. The average molecular weight is 336 g/mol. The molecular formula is C16H24N4O4. The SMILES string of the molecule is CC(C#N)(CCOCC1CO1)N=NC(C)(C#N)CCOCC1CO1. The Morgan fingerprint density at radius 1 is 0.917 bits per heavy atom. The smallest absolute Gasteiger partial charge is 0.166 e. The Bertz CT molecular complexity index is 475. The maximum atomic E-state index is 9.35. The summed E-state index contributed by atoms with van der Waals surface area (Å²) in [6.07, 6.45) is 1.22. The molecule has 4 unspecified atom stereocenters. The second-order valence-electron chi connectivity index (χ2n) is 6.53. The Balaban J connectivity index is 1.75. The highest BCUT2D eigenvalue weighted by molar-refractivity contribution is 5.07. The van der Waals surface area contributed by atoms with Crippen molar-refractivity contribution in [2.24, 2.45) is 10.2 Å². The lowest BCUT2D eigenvalue weighted by molar-refractivity contribution is 0.103. The van der Waals surface area contributed by atoms with Gasteiger partial charge in [-0.3, -0.25) is 0 Å². The molecule has 2 saturated heterocycles. The van der Waals surface area contributed by atoms with Crippen LogP contribution in [0.15, 0.2) is 10.2 Å². The highest BCUT2D eigenvalue weighted by Gasteiger charge is 2.29. The summed E-state index contributed by atoms with van der Waals surface area (Å²) in [7, 11) is 0. The van der Waals surface area contributed by atoms with Crippen LogP contribution in [-0.4, -0.2) is 62.9 Å². The summed E-state index contributed by atoms with van der Waals surface area (Å²) in [5.74, 6) is 0. The minimum absolute atomic E-state index is 0.197. The summed E-state index contributed by atoms with van der Waals surface area (Å²) in [4.78, 5) is 0. The number of azo groups is 1. The molecule has 8 nitrogen and oxygen atoms in total. The lowest BCUT2D eigenvalue weighted by Gasteiger charge is -2.19. The highest BCUT2D eigenvalue weighted by atomic mass is 16.6. The van der Waals surface area contributed by atoms with E-state index in [-0.39, 0.29) is 12.2 Å². The van der Waals surface area contributed by atoms with E-state index >= 15 is 0 Å². The van der Waals surface area contributed by atoms with Gasteiger partial charge in [0.2, 0.25) is 0 Å². The zero-order chi connectivity index (χ0) is 17.5. The van der Waals surface area contributed by atoms with Crippen LogP contribution >= 0.6 is 0 Å². The van der Waals surface area contributed by atoms with Crippen LogP contribution in [0.25, 0.3) is 0 Å². The molecule has 2 fully saturated rings. The van der Waals surface area contributed by atoms with Gasteiger partial charge >= 0.3 is 0 Å². The molecule has 24 heavy (non-hydrogen) atoms. The first-order valence-electron chi connectivity index (χ1n) is 8.14. The van der Waals surface area contributed by atoms with Crippen LogP contribution in [0.4, 0.5) is 0 Å². The molecule has 0 spiro atoms. The van der Waals surface area contributed by atoms with Crippen LogP contribution in [0.5, 0.6) is 0 Å². The summed E-state index contributed by atoms with van der Waals surface area (Å²) in [5, 5.41) is 27.0. The molecule has 0 aliphatic carbocycles. The van der Waals surface area contributed by atoms with Gasteiger partial charge in [-0.15, -0.1) is 0 Å². The van der Waals surface area contributed by atoms with E-state index < -0.39 is 11.1 Å². The number of rotatable bonds is 12. The Morgan fingerprint density at radius 3 is 1.58 bits per heavy atom. The average Bonchev–Trinajstić information content (AvgIpc) is 3.48. The fourth-order valence-electron chi connectivity index (χ4n) is 1.78. The van der Waals surface area contributed by atoms with Crippen molar-refractivity contribution in [2.75, 3.05) is 39.6 Å². The molecule has 4 atom stereocenters. The summed E-state index contributed by atoms with van der Waals surface area (Å²) >= 11 is 0. The largest absolute Gasteiger partial charge is 0.379 e. The van der Waals surface area contributed by atoms with Crippen molar-refractivity contribution in [3.63, 3.8) is 0 Å². The molecule has 0 aromatic carbocycles. The summed E-state index contributed by atoms with van der Waals surface area (Å²) in [5.41, 5.74) is -2.02. The van der Waals surface area contributed by atoms with Gasteiger partial charge in [-0.05, 0) is 13.8 Å². The Kier molecular flexibility index (Phi) is 6.64. The monoisotopic (exact) mass is 336 g/mol. The van der Waals surface area contributed by atoms with Crippen molar-refractivity contribution in [1.82, 2.24) is 0 Å². The third kappa shape index (κ3) is 6.90. The van der Waals surface area contributed by atoms with Crippen molar-refractivity contribution in [3.05, 3.63) is 0 Å². The van der Waals surface area contributed by atoms with Gasteiger partial charge in [0.05, 0.1) is 51.8 Å². The fraction of sp³-hybridized carbons (Fsp3) is 0.875. The van der Waals surface area contributed by atoms with Crippen molar-refractivity contribution < 1.29 is 18.9 Å². The molecule has 0 amide bonds. The number of hydrogen-bond acceptors (Lipinski definition) is 8. The Hall–Kier alpha value is -1.58. The summed E-state index contributed by atoms with van der Waals surface area (Å²) < 4.78 is 21.0. The summed E-state index contributed by atoms with van der Waals surface area (Å²) in [6.45, 7) is 6.73. The predicted octanol–water partition coefficient (Wildman–Crippen LogP) is 1.61. The first-order valence-corrected chi connectivity index (χ1v) is 8.14. The first-order chi connectivity index (χ1) is 11.5. The Morgan fingerprint density at radius 2 is 1.29 bits per heavy atom. The van der Waals surface area contributed by atoms with Gasteiger partial charge in [0.25, 0.3) is 0 Å². The maximum Gasteiger partial charge on any atom is 0.166 e. The number of nitrogens with zero attached hydrogens (tertiary/aromatic N) is 4. The molecule has 0 bridgehead atoms. The van der Waals surface area contributed by atoms with E-state index in [0.717, 1.165) is 13.2 Å². The van der Waals surface area contributed by atoms with Gasteiger partial charge in [0.1, 0.15) is 12.2 Å². The third-order valence-corrected chi connectivity index (χ3v) is 3.85. The van der Waals surface area contributed by atoms with Crippen molar-refractivity contribution in [1.29, 1.82) is 10.5 Å². The molecule has 0 radical (unpaired) electrons. The maximum absolute atomic E-state index is 9.35. The van der Waals surface area contributed by atoms with E-state index in [1.54, 1.807) is 13.8 Å². The van der Waals surface area contributed by atoms with Crippen LogP contribution in [0.2, 0.25) is 0 Å². The topological polar surface area (TPSA) is 116 Å². The molecule has 0 N–H and O–H groups in total. The van der Waals surface area contributed by atoms with E-state index in [0.29, 0.717) is 39.3 Å². The quantitative estimate of drug-likeness (QED) is 0.304. The lowest BCUT2D eigenvalue weighted by atomic mass is 10.0. The molecule has 2 aliphatic heterocycles. The van der Waals surface area contributed by atoms with E-state index in [2.05, 4.69) is 22.4 Å². The molecular weight excluding hydrogens is 312 g/mol. The molecule has 0 aromatic rings. The van der Waals surface area contributed by atoms with E-state index in [1.807, 2.05) is 0 Å². The van der Waals surface area contributed by atoms with E-state index in [4.69, 9.17) is 18.9 Å². The third-order valence-electron chi connectivity index (χ3n) is 3.85. The van der Waals surface area contributed by atoms with Gasteiger partial charge < -0.3 is 18.9 Å². The van der Waals surface area contributed by atoms with Gasteiger partial charge in [-0.2, -0.15) is 20.8 Å². The number of epoxide rings is 2. The molecule has 0 aromatic heterocycles. The van der Waals surface area contributed by atoms with E-state index in [1.165, 1.54) is 0 Å². The standard InChI is InChI=1S/C16H24N4O4/c1-15(11-17,3-5-21-7-13-9-23-13)19-20-16(2,12-18)4-6-22-8-14-10-24-14/h13-14H,3-10H2,1-2H3. The normalized spacial score (nSPS) is 27.0. The van der Waals surface area contributed by atoms with Crippen molar-refractivity contribution >= 4 is 0 Å². The van der Waals surface area contributed by atoms with Crippen molar-refractivity contribution in [3.8, 4) is 12.1 Å². The van der Waals surface area contributed by atoms with Crippen molar-refractivity contribution in [2.45, 2.75) is 50.0 Å². The van der Waals surface area contributed by atoms with Crippen LogP contribution in [0.1, 0.15) is 26.7 Å². The van der Waals surface area contributed by atoms with Crippen LogP contribution < -0.4 is 0 Å². The van der Waals surface area contributed by atoms with Crippen LogP contribution in [0.3, 0.4) is 0 Å². The van der Waals surface area contributed by atoms with E-state index in [9.17, 15) is 10.5 Å². The zero-order valence-corrected chi connectivity index (χ0v) is 14.2. The zero-order valence-electron chi connectivity index (χ0n) is 14.2. The lowest BCUT2D eigenvalue weighted by Crippen LogP contribution is -2.26. The van der Waals surface area contributed by atoms with Gasteiger partial charge in [0.15, 0.2) is 11.1 Å².